The van der Waals surface area contributed by atoms with Gasteiger partial charge in [0.2, 0.25) is 0 Å². The van der Waals surface area contributed by atoms with E-state index in [1.165, 1.54) is 11.0 Å². The summed E-state index contributed by atoms with van der Waals surface area (Å²) in [6, 6.07) is 10.7. The van der Waals surface area contributed by atoms with Crippen LogP contribution >= 0.6 is 0 Å². The van der Waals surface area contributed by atoms with Crippen molar-refractivity contribution >= 4 is 17.3 Å². The van der Waals surface area contributed by atoms with Crippen molar-refractivity contribution in [1.82, 2.24) is 4.90 Å². The molecule has 0 unspecified atom stereocenters. The molecule has 0 N–H and O–H groups in total. The molecule has 1 fully saturated rings. The smallest absolute Gasteiger partial charge is 0.293 e. The van der Waals surface area contributed by atoms with E-state index in [0.717, 1.165) is 42.8 Å². The van der Waals surface area contributed by atoms with E-state index < -0.39 is 4.92 Å². The van der Waals surface area contributed by atoms with Crippen LogP contribution in [0.2, 0.25) is 0 Å². The van der Waals surface area contributed by atoms with E-state index in [1.807, 2.05) is 30.9 Å². The Bertz CT molecular complexity index is 887. The molecule has 0 bridgehead atoms. The molecule has 0 spiro atoms. The first-order valence-electron chi connectivity index (χ1n) is 9.85. The fourth-order valence-corrected chi connectivity index (χ4v) is 3.67. The third-order valence-electron chi connectivity index (χ3n) is 5.10. The van der Waals surface area contributed by atoms with Crippen LogP contribution in [0.3, 0.4) is 0 Å². The van der Waals surface area contributed by atoms with Gasteiger partial charge in [-0.3, -0.25) is 14.9 Å². The molecule has 2 aromatic rings. The number of nitro groups is 1. The van der Waals surface area contributed by atoms with Crippen LogP contribution in [0, 0.1) is 24.0 Å². The minimum absolute atomic E-state index is 0.0161. The molecule has 0 saturated carbocycles. The van der Waals surface area contributed by atoms with E-state index in [0.29, 0.717) is 24.4 Å². The van der Waals surface area contributed by atoms with Crippen molar-refractivity contribution in [2.24, 2.45) is 0 Å². The molecule has 0 radical (unpaired) electrons. The van der Waals surface area contributed by atoms with Crippen molar-refractivity contribution in [3.63, 3.8) is 0 Å². The van der Waals surface area contributed by atoms with E-state index in [4.69, 9.17) is 4.74 Å². The van der Waals surface area contributed by atoms with E-state index >= 15 is 0 Å². The van der Waals surface area contributed by atoms with Gasteiger partial charge in [-0.1, -0.05) is 6.07 Å². The number of aryl methyl sites for hydroxylation is 2. The van der Waals surface area contributed by atoms with Crippen LogP contribution in [-0.2, 0) is 0 Å². The van der Waals surface area contributed by atoms with Gasteiger partial charge >= 0.3 is 0 Å². The van der Waals surface area contributed by atoms with Gasteiger partial charge in [0.1, 0.15) is 18.0 Å². The van der Waals surface area contributed by atoms with Crippen molar-refractivity contribution < 1.29 is 14.5 Å². The zero-order valence-electron chi connectivity index (χ0n) is 17.2. The highest BCUT2D eigenvalue weighted by atomic mass is 16.6. The molecule has 0 aliphatic carbocycles. The summed E-state index contributed by atoms with van der Waals surface area (Å²) >= 11 is 0. The number of nitrogens with zero attached hydrogens (tertiary/aromatic N) is 3. The Hall–Kier alpha value is -3.09. The molecule has 1 aliphatic rings. The number of amides is 1. The normalized spacial score (nSPS) is 13.4. The maximum absolute atomic E-state index is 12.7. The number of carbonyl (C=O) groups is 1. The maximum Gasteiger partial charge on any atom is 0.293 e. The number of hydrogen-bond acceptors (Lipinski definition) is 5. The molecule has 7 nitrogen and oxygen atoms in total. The van der Waals surface area contributed by atoms with Crippen molar-refractivity contribution in [1.29, 1.82) is 0 Å². The Kier molecular flexibility index (Phi) is 6.36. The summed E-state index contributed by atoms with van der Waals surface area (Å²) < 4.78 is 5.76. The molecule has 0 aromatic heterocycles. The highest BCUT2D eigenvalue weighted by molar-refractivity contribution is 5.95. The second-order valence-electron chi connectivity index (χ2n) is 7.55. The molecule has 29 heavy (non-hydrogen) atoms. The van der Waals surface area contributed by atoms with Crippen molar-refractivity contribution in [2.45, 2.75) is 26.7 Å². The predicted octanol–water partition coefficient (Wildman–Crippen LogP) is 3.96. The standard InChI is InChI=1S/C22H27N3O4/c1-16-12-17(2)14-19(13-16)29-11-10-23(3)22(26)18-6-7-20(21(15-18)25(27)28)24-8-4-5-9-24/h6-7,12-15H,4-5,8-11H2,1-3H3. The highest BCUT2D eigenvalue weighted by Crippen LogP contribution is 2.32. The predicted molar refractivity (Wildman–Crippen MR) is 113 cm³/mol. The number of carbonyl (C=O) groups excluding carboxylic acids is 1. The Balaban J connectivity index is 1.65. The summed E-state index contributed by atoms with van der Waals surface area (Å²) in [6.45, 7) is 6.36. The van der Waals surface area contributed by atoms with E-state index in [2.05, 4.69) is 6.07 Å². The highest BCUT2D eigenvalue weighted by Gasteiger charge is 2.24. The molecule has 3 rings (SSSR count). The summed E-state index contributed by atoms with van der Waals surface area (Å²) in [5.74, 6) is 0.513. The molecule has 154 valence electrons. The lowest BCUT2D eigenvalue weighted by molar-refractivity contribution is -0.384. The van der Waals surface area contributed by atoms with Gasteiger partial charge in [-0.05, 0) is 62.1 Å². The van der Waals surface area contributed by atoms with Crippen LogP contribution in [0.25, 0.3) is 0 Å². The van der Waals surface area contributed by atoms with Crippen LogP contribution in [0.1, 0.15) is 34.3 Å². The largest absolute Gasteiger partial charge is 0.492 e. The third-order valence-corrected chi connectivity index (χ3v) is 5.10. The lowest BCUT2D eigenvalue weighted by Gasteiger charge is -2.20. The summed E-state index contributed by atoms with van der Waals surface area (Å²) in [7, 11) is 1.67. The Morgan fingerprint density at radius 2 is 1.79 bits per heavy atom. The maximum atomic E-state index is 12.7. The SMILES string of the molecule is Cc1cc(C)cc(OCCN(C)C(=O)c2ccc(N3CCCC3)c([N+](=O)[O-])c2)c1. The molecule has 1 saturated heterocycles. The zero-order chi connectivity index (χ0) is 21.0. The molecular formula is C22H27N3O4. The van der Waals surface area contributed by atoms with E-state index in [-0.39, 0.29) is 11.6 Å². The topological polar surface area (TPSA) is 75.9 Å². The molecule has 0 atom stereocenters. The fourth-order valence-electron chi connectivity index (χ4n) is 3.67. The monoisotopic (exact) mass is 397 g/mol. The van der Waals surface area contributed by atoms with Crippen LogP contribution in [0.15, 0.2) is 36.4 Å². The van der Waals surface area contributed by atoms with Crippen LogP contribution in [0.4, 0.5) is 11.4 Å². The van der Waals surface area contributed by atoms with E-state index in [1.54, 1.807) is 19.2 Å². The van der Waals surface area contributed by atoms with Gasteiger partial charge in [-0.25, -0.2) is 0 Å². The minimum Gasteiger partial charge on any atom is -0.492 e. The summed E-state index contributed by atoms with van der Waals surface area (Å²) in [4.78, 5) is 27.4. The van der Waals surface area contributed by atoms with Crippen molar-refractivity contribution in [3.05, 3.63) is 63.2 Å². The Labute approximate surface area is 171 Å². The second kappa shape index (κ2) is 8.94. The first kappa shape index (κ1) is 20.6. The number of benzene rings is 2. The van der Waals surface area contributed by atoms with Gasteiger partial charge in [0.25, 0.3) is 11.6 Å². The van der Waals surface area contributed by atoms with Gasteiger partial charge in [0.05, 0.1) is 11.5 Å². The van der Waals surface area contributed by atoms with Gasteiger partial charge in [0, 0.05) is 31.8 Å². The minimum atomic E-state index is -0.409. The average Bonchev–Trinajstić information content (AvgIpc) is 3.20. The number of likely N-dealkylation sites (N-methyl/N-ethyl adjacent to an activating group) is 1. The molecule has 1 amide bonds. The summed E-state index contributed by atoms with van der Waals surface area (Å²) in [6.07, 6.45) is 2.06. The first-order valence-corrected chi connectivity index (χ1v) is 9.85. The molecule has 1 heterocycles. The lowest BCUT2D eigenvalue weighted by atomic mass is 10.1. The third kappa shape index (κ3) is 5.04. The molecule has 2 aromatic carbocycles. The van der Waals surface area contributed by atoms with Crippen LogP contribution in [-0.4, -0.2) is 49.0 Å². The van der Waals surface area contributed by atoms with Crippen LogP contribution in [0.5, 0.6) is 5.75 Å². The number of ether oxygens (including phenoxy) is 1. The number of anilines is 1. The van der Waals surface area contributed by atoms with Gasteiger partial charge < -0.3 is 14.5 Å². The molecular weight excluding hydrogens is 370 g/mol. The van der Waals surface area contributed by atoms with Crippen molar-refractivity contribution in [3.8, 4) is 5.75 Å². The Morgan fingerprint density at radius 3 is 2.41 bits per heavy atom. The molecule has 7 heteroatoms. The Morgan fingerprint density at radius 1 is 1.14 bits per heavy atom. The number of rotatable bonds is 7. The quantitative estimate of drug-likeness (QED) is 0.522. The zero-order valence-corrected chi connectivity index (χ0v) is 17.2. The second-order valence-corrected chi connectivity index (χ2v) is 7.55. The number of hydrogen-bond donors (Lipinski definition) is 0. The van der Waals surface area contributed by atoms with Crippen LogP contribution < -0.4 is 9.64 Å². The van der Waals surface area contributed by atoms with Gasteiger partial charge in [-0.15, -0.1) is 0 Å². The number of nitro benzene ring substituents is 1. The summed E-state index contributed by atoms with van der Waals surface area (Å²) in [5, 5.41) is 11.5. The fraction of sp³-hybridized carbons (Fsp3) is 0.409. The lowest BCUT2D eigenvalue weighted by Crippen LogP contribution is -2.31. The van der Waals surface area contributed by atoms with Gasteiger partial charge in [-0.2, -0.15) is 0 Å². The summed E-state index contributed by atoms with van der Waals surface area (Å²) in [5.41, 5.74) is 3.13. The molecule has 1 aliphatic heterocycles. The van der Waals surface area contributed by atoms with Crippen molar-refractivity contribution in [2.75, 3.05) is 38.2 Å². The first-order chi connectivity index (χ1) is 13.8. The average molecular weight is 397 g/mol. The van der Waals surface area contributed by atoms with Gasteiger partial charge in [0.15, 0.2) is 0 Å². The van der Waals surface area contributed by atoms with E-state index in [9.17, 15) is 14.9 Å².